The highest BCUT2D eigenvalue weighted by Crippen LogP contribution is 2.26. The lowest BCUT2D eigenvalue weighted by Gasteiger charge is -1.94. The molecule has 0 saturated carbocycles. The van der Waals surface area contributed by atoms with Crippen molar-refractivity contribution in [3.05, 3.63) is 62.8 Å². The molecular weight excluding hydrogens is 415 g/mol. The highest BCUT2D eigenvalue weighted by atomic mass is 127. The van der Waals surface area contributed by atoms with Gasteiger partial charge in [0.1, 0.15) is 0 Å². The summed E-state index contributed by atoms with van der Waals surface area (Å²) in [6.07, 6.45) is 1.47. The van der Waals surface area contributed by atoms with Crippen molar-refractivity contribution in [2.24, 2.45) is 4.99 Å². The standard InChI is InChI=1S/C16H10ClIN2O2/c17-11-3-1-10(2-4-11)15-20-14(16(21)22-15)9-19-13-7-5-12(18)6-8-13/h1-9,21H. The Labute approximate surface area is 145 Å². The summed E-state index contributed by atoms with van der Waals surface area (Å²) in [6, 6.07) is 14.7. The molecule has 2 aromatic carbocycles. The summed E-state index contributed by atoms with van der Waals surface area (Å²) in [6.45, 7) is 0. The van der Waals surface area contributed by atoms with Crippen molar-refractivity contribution >= 4 is 46.1 Å². The van der Waals surface area contributed by atoms with Gasteiger partial charge in [-0.1, -0.05) is 11.6 Å². The predicted octanol–water partition coefficient (Wildman–Crippen LogP) is 5.06. The fraction of sp³-hybridized carbons (Fsp3) is 0. The lowest BCUT2D eigenvalue weighted by molar-refractivity contribution is 0.337. The van der Waals surface area contributed by atoms with Gasteiger partial charge < -0.3 is 9.52 Å². The first-order valence-corrected chi connectivity index (χ1v) is 7.83. The summed E-state index contributed by atoms with van der Waals surface area (Å²) in [7, 11) is 0. The number of halogens is 2. The summed E-state index contributed by atoms with van der Waals surface area (Å²) in [4.78, 5) is 8.50. The molecule has 0 aliphatic rings. The summed E-state index contributed by atoms with van der Waals surface area (Å²) >= 11 is 8.07. The number of hydrogen-bond donors (Lipinski definition) is 1. The van der Waals surface area contributed by atoms with E-state index in [4.69, 9.17) is 16.0 Å². The van der Waals surface area contributed by atoms with Crippen LogP contribution >= 0.6 is 34.2 Å². The molecule has 22 heavy (non-hydrogen) atoms. The minimum Gasteiger partial charge on any atom is -0.479 e. The molecule has 0 saturated heterocycles. The van der Waals surface area contributed by atoms with E-state index < -0.39 is 0 Å². The van der Waals surface area contributed by atoms with Gasteiger partial charge in [-0.15, -0.1) is 0 Å². The van der Waals surface area contributed by atoms with Gasteiger partial charge in [-0.3, -0.25) is 4.99 Å². The van der Waals surface area contributed by atoms with Crippen LogP contribution in [0.1, 0.15) is 5.69 Å². The summed E-state index contributed by atoms with van der Waals surface area (Å²) in [5.41, 5.74) is 1.79. The predicted molar refractivity (Wildman–Crippen MR) is 95.0 cm³/mol. The molecule has 0 unspecified atom stereocenters. The zero-order valence-electron chi connectivity index (χ0n) is 11.2. The van der Waals surface area contributed by atoms with E-state index in [1.807, 2.05) is 24.3 Å². The van der Waals surface area contributed by atoms with E-state index in [9.17, 15) is 5.11 Å². The molecular formula is C16H10ClIN2O2. The van der Waals surface area contributed by atoms with Gasteiger partial charge in [0.2, 0.25) is 5.89 Å². The van der Waals surface area contributed by atoms with Crippen LogP contribution in [-0.2, 0) is 0 Å². The van der Waals surface area contributed by atoms with Crippen molar-refractivity contribution in [2.45, 2.75) is 0 Å². The van der Waals surface area contributed by atoms with Crippen LogP contribution in [0, 0.1) is 3.57 Å². The maximum absolute atomic E-state index is 9.82. The number of oxazole rings is 1. The molecule has 110 valence electrons. The molecule has 4 nitrogen and oxygen atoms in total. The third kappa shape index (κ3) is 3.48. The second-order valence-corrected chi connectivity index (χ2v) is 6.13. The van der Waals surface area contributed by atoms with Gasteiger partial charge in [0.15, 0.2) is 5.69 Å². The first-order chi connectivity index (χ1) is 10.6. The average Bonchev–Trinajstić information content (AvgIpc) is 2.88. The third-order valence-electron chi connectivity index (χ3n) is 2.89. The van der Waals surface area contributed by atoms with Crippen LogP contribution in [0.15, 0.2) is 57.9 Å². The Morgan fingerprint density at radius 1 is 1.09 bits per heavy atom. The molecule has 1 aromatic heterocycles. The summed E-state index contributed by atoms with van der Waals surface area (Å²) in [5.74, 6) is 0.0532. The van der Waals surface area contributed by atoms with Crippen molar-refractivity contribution in [2.75, 3.05) is 0 Å². The SMILES string of the molecule is Oc1oc(-c2ccc(Cl)cc2)nc1C=Nc1ccc(I)cc1. The number of benzene rings is 2. The Kier molecular flexibility index (Phi) is 4.44. The van der Waals surface area contributed by atoms with Gasteiger partial charge >= 0.3 is 5.95 Å². The molecule has 0 spiro atoms. The molecule has 0 radical (unpaired) electrons. The number of rotatable bonds is 3. The first-order valence-electron chi connectivity index (χ1n) is 6.37. The largest absolute Gasteiger partial charge is 0.479 e. The van der Waals surface area contributed by atoms with E-state index in [2.05, 4.69) is 32.6 Å². The minimum atomic E-state index is -0.265. The van der Waals surface area contributed by atoms with Gasteiger partial charge in [0.25, 0.3) is 0 Å². The average molecular weight is 425 g/mol. The van der Waals surface area contributed by atoms with E-state index >= 15 is 0 Å². The molecule has 6 heteroatoms. The van der Waals surface area contributed by atoms with Gasteiger partial charge in [0.05, 0.1) is 11.9 Å². The van der Waals surface area contributed by atoms with Gasteiger partial charge in [-0.25, -0.2) is 4.98 Å². The third-order valence-corrected chi connectivity index (χ3v) is 3.86. The highest BCUT2D eigenvalue weighted by Gasteiger charge is 2.12. The van der Waals surface area contributed by atoms with E-state index in [0.717, 1.165) is 14.8 Å². The Hall–Kier alpha value is -1.86. The number of hydrogen-bond acceptors (Lipinski definition) is 4. The minimum absolute atomic E-state index is 0.265. The number of nitrogens with zero attached hydrogens (tertiary/aromatic N) is 2. The smallest absolute Gasteiger partial charge is 0.312 e. The molecule has 1 heterocycles. The first kappa shape index (κ1) is 15.1. The fourth-order valence-corrected chi connectivity index (χ4v) is 2.27. The van der Waals surface area contributed by atoms with Crippen LogP contribution in [0.25, 0.3) is 11.5 Å². The molecule has 3 rings (SSSR count). The number of aliphatic imine (C=N–C) groups is 1. The lowest BCUT2D eigenvalue weighted by Crippen LogP contribution is -1.82. The molecule has 0 bridgehead atoms. The van der Waals surface area contributed by atoms with Crippen LogP contribution in [0.4, 0.5) is 5.69 Å². The second kappa shape index (κ2) is 6.50. The van der Waals surface area contributed by atoms with Crippen molar-refractivity contribution < 1.29 is 9.52 Å². The zero-order chi connectivity index (χ0) is 15.5. The van der Waals surface area contributed by atoms with E-state index in [1.54, 1.807) is 24.3 Å². The van der Waals surface area contributed by atoms with Crippen LogP contribution < -0.4 is 0 Å². The molecule has 0 fully saturated rings. The van der Waals surface area contributed by atoms with Gasteiger partial charge in [-0.2, -0.15) is 0 Å². The number of aromatic nitrogens is 1. The Morgan fingerprint density at radius 2 is 1.77 bits per heavy atom. The van der Waals surface area contributed by atoms with Crippen LogP contribution in [0.2, 0.25) is 5.02 Å². The molecule has 0 amide bonds. The van der Waals surface area contributed by atoms with Crippen LogP contribution in [-0.4, -0.2) is 16.3 Å². The summed E-state index contributed by atoms with van der Waals surface area (Å²) in [5, 5.41) is 10.4. The Morgan fingerprint density at radius 3 is 2.45 bits per heavy atom. The Bertz CT molecular complexity index is 811. The molecule has 3 aromatic rings. The van der Waals surface area contributed by atoms with E-state index in [-0.39, 0.29) is 11.6 Å². The quantitative estimate of drug-likeness (QED) is 0.472. The zero-order valence-corrected chi connectivity index (χ0v) is 14.1. The summed E-state index contributed by atoms with van der Waals surface area (Å²) < 4.78 is 6.39. The molecule has 1 N–H and O–H groups in total. The fourth-order valence-electron chi connectivity index (χ4n) is 1.79. The normalized spacial score (nSPS) is 11.2. The highest BCUT2D eigenvalue weighted by molar-refractivity contribution is 14.1. The van der Waals surface area contributed by atoms with Crippen LogP contribution in [0.3, 0.4) is 0 Å². The van der Waals surface area contributed by atoms with Gasteiger partial charge in [-0.05, 0) is 71.1 Å². The maximum Gasteiger partial charge on any atom is 0.312 e. The monoisotopic (exact) mass is 424 g/mol. The van der Waals surface area contributed by atoms with E-state index in [0.29, 0.717) is 10.9 Å². The molecule has 0 aliphatic carbocycles. The van der Waals surface area contributed by atoms with Crippen LogP contribution in [0.5, 0.6) is 5.95 Å². The van der Waals surface area contributed by atoms with Crippen molar-refractivity contribution in [1.29, 1.82) is 0 Å². The Balaban J connectivity index is 1.86. The second-order valence-electron chi connectivity index (χ2n) is 4.45. The number of aromatic hydroxyl groups is 1. The molecule has 0 atom stereocenters. The lowest BCUT2D eigenvalue weighted by atomic mass is 10.2. The van der Waals surface area contributed by atoms with Crippen molar-refractivity contribution in [1.82, 2.24) is 4.98 Å². The molecule has 0 aliphatic heterocycles. The van der Waals surface area contributed by atoms with Crippen molar-refractivity contribution in [3.8, 4) is 17.4 Å². The van der Waals surface area contributed by atoms with E-state index in [1.165, 1.54) is 6.21 Å². The maximum atomic E-state index is 9.82. The topological polar surface area (TPSA) is 58.6 Å². The van der Waals surface area contributed by atoms with Gasteiger partial charge in [0, 0.05) is 14.2 Å². The van der Waals surface area contributed by atoms with Crippen molar-refractivity contribution in [3.63, 3.8) is 0 Å².